The largest absolute Gasteiger partial charge is 0.326 e. The minimum absolute atomic E-state index is 0.0581. The molecule has 1 aliphatic rings. The van der Waals surface area contributed by atoms with Gasteiger partial charge in [-0.05, 0) is 24.5 Å². The molecular weight excluding hydrogens is 198 g/mol. The Morgan fingerprint density at radius 3 is 2.44 bits per heavy atom. The second-order valence-corrected chi connectivity index (χ2v) is 3.91. The lowest BCUT2D eigenvalue weighted by Crippen LogP contribution is -2.14. The van der Waals surface area contributed by atoms with Crippen molar-refractivity contribution in [3.8, 4) is 0 Å². The Morgan fingerprint density at radius 2 is 2.00 bits per heavy atom. The molecule has 1 N–H and O–H groups in total. The van der Waals surface area contributed by atoms with Crippen LogP contribution in [-0.2, 0) is 4.79 Å². The molecule has 0 saturated carbocycles. The number of hydrogen-bond acceptors (Lipinski definition) is 1. The van der Waals surface area contributed by atoms with Crippen molar-refractivity contribution >= 4 is 5.91 Å². The van der Waals surface area contributed by atoms with Gasteiger partial charge < -0.3 is 5.32 Å². The van der Waals surface area contributed by atoms with Gasteiger partial charge >= 0.3 is 0 Å². The monoisotopic (exact) mass is 221 g/mol. The van der Waals surface area contributed by atoms with Gasteiger partial charge in [0.2, 0.25) is 5.91 Å². The van der Waals surface area contributed by atoms with Gasteiger partial charge in [0.05, 0.1) is 6.42 Å². The summed E-state index contributed by atoms with van der Waals surface area (Å²) in [7, 11) is 0. The fourth-order valence-corrected chi connectivity index (χ4v) is 1.25. The molecule has 0 radical (unpaired) electrons. The van der Waals surface area contributed by atoms with Crippen LogP contribution in [0.15, 0.2) is 35.6 Å². The van der Waals surface area contributed by atoms with Crippen LogP contribution in [0.1, 0.15) is 41.0 Å². The first kappa shape index (κ1) is 14.7. The van der Waals surface area contributed by atoms with Crippen molar-refractivity contribution in [2.75, 3.05) is 0 Å². The zero-order valence-corrected chi connectivity index (χ0v) is 11.1. The zero-order valence-electron chi connectivity index (χ0n) is 11.1. The van der Waals surface area contributed by atoms with E-state index in [1.807, 2.05) is 19.9 Å². The number of amides is 1. The van der Waals surface area contributed by atoms with Crippen LogP contribution in [0.3, 0.4) is 0 Å². The van der Waals surface area contributed by atoms with E-state index in [-0.39, 0.29) is 5.91 Å². The Hall–Kier alpha value is -1.31. The third kappa shape index (κ3) is 4.05. The number of carbonyl (C=O) groups is 1. The Bertz CT molecular complexity index is 322. The van der Waals surface area contributed by atoms with Gasteiger partial charge in [-0.25, -0.2) is 0 Å². The van der Waals surface area contributed by atoms with Crippen molar-refractivity contribution in [1.29, 1.82) is 0 Å². The summed E-state index contributed by atoms with van der Waals surface area (Å²) in [4.78, 5) is 11.1. The predicted molar refractivity (Wildman–Crippen MR) is 69.9 cm³/mol. The van der Waals surface area contributed by atoms with Crippen LogP contribution < -0.4 is 5.32 Å². The molecule has 16 heavy (non-hydrogen) atoms. The van der Waals surface area contributed by atoms with Crippen LogP contribution in [0.2, 0.25) is 0 Å². The maximum absolute atomic E-state index is 11.1. The number of rotatable bonds is 3. The van der Waals surface area contributed by atoms with Gasteiger partial charge in [0, 0.05) is 5.70 Å². The first-order valence-corrected chi connectivity index (χ1v) is 5.88. The number of allylic oxidation sites excluding steroid dienone is 3. The first-order chi connectivity index (χ1) is 7.54. The van der Waals surface area contributed by atoms with Crippen LogP contribution >= 0.6 is 0 Å². The quantitative estimate of drug-likeness (QED) is 0.775. The Labute approximate surface area is 99.1 Å². The summed E-state index contributed by atoms with van der Waals surface area (Å²) < 4.78 is 0. The van der Waals surface area contributed by atoms with E-state index in [1.165, 1.54) is 5.57 Å². The van der Waals surface area contributed by atoms with Gasteiger partial charge in [0.15, 0.2) is 0 Å². The summed E-state index contributed by atoms with van der Waals surface area (Å²) in [5.74, 6) is 0.564. The van der Waals surface area contributed by atoms with Gasteiger partial charge in [-0.15, -0.1) is 0 Å². The molecule has 1 rings (SSSR count). The molecule has 0 unspecified atom stereocenters. The highest BCUT2D eigenvalue weighted by molar-refractivity contribution is 5.85. The molecule has 0 saturated heterocycles. The lowest BCUT2D eigenvalue weighted by molar-refractivity contribution is -0.118. The molecule has 1 heterocycles. The van der Waals surface area contributed by atoms with Gasteiger partial charge in [0.25, 0.3) is 0 Å². The van der Waals surface area contributed by atoms with Crippen LogP contribution in [0, 0.1) is 5.92 Å². The average molecular weight is 221 g/mol. The maximum atomic E-state index is 11.1. The highest BCUT2D eigenvalue weighted by atomic mass is 16.1. The second-order valence-electron chi connectivity index (χ2n) is 3.91. The SMILES string of the molecule is C=CC1=C(/C=C(\C)C(C)C)NC(=O)C1.CC. The van der Waals surface area contributed by atoms with Gasteiger partial charge in [-0.2, -0.15) is 0 Å². The standard InChI is InChI=1S/C12H17NO.C2H6/c1-5-10-7-12(14)13-11(10)6-9(4)8(2)3;1-2/h5-6,8H,1,7H2,2-4H3,(H,13,14);1-2H3/b9-6+;. The van der Waals surface area contributed by atoms with E-state index >= 15 is 0 Å². The molecule has 0 fully saturated rings. The van der Waals surface area contributed by atoms with Crippen LogP contribution in [-0.4, -0.2) is 5.91 Å². The van der Waals surface area contributed by atoms with Crippen LogP contribution in [0.25, 0.3) is 0 Å². The molecule has 0 spiro atoms. The predicted octanol–water partition coefficient (Wildman–Crippen LogP) is 3.57. The topological polar surface area (TPSA) is 29.1 Å². The third-order valence-corrected chi connectivity index (χ3v) is 2.50. The van der Waals surface area contributed by atoms with Crippen molar-refractivity contribution in [1.82, 2.24) is 5.32 Å². The molecule has 0 aromatic carbocycles. The summed E-state index contributed by atoms with van der Waals surface area (Å²) in [6.45, 7) is 14.0. The summed E-state index contributed by atoms with van der Waals surface area (Å²) >= 11 is 0. The molecule has 1 amide bonds. The smallest absolute Gasteiger partial charge is 0.228 e. The van der Waals surface area contributed by atoms with E-state index < -0.39 is 0 Å². The fourth-order valence-electron chi connectivity index (χ4n) is 1.25. The Balaban J connectivity index is 0.00000106. The molecule has 2 heteroatoms. The normalized spacial score (nSPS) is 15.9. The molecule has 0 aromatic heterocycles. The van der Waals surface area contributed by atoms with Gasteiger partial charge in [-0.1, -0.05) is 45.9 Å². The molecule has 2 nitrogen and oxygen atoms in total. The molecular formula is C14H23NO. The zero-order chi connectivity index (χ0) is 12.7. The number of nitrogens with one attached hydrogen (secondary N) is 1. The molecule has 0 aliphatic carbocycles. The maximum Gasteiger partial charge on any atom is 0.228 e. The van der Waals surface area contributed by atoms with E-state index in [0.717, 1.165) is 11.3 Å². The van der Waals surface area contributed by atoms with E-state index in [1.54, 1.807) is 6.08 Å². The highest BCUT2D eigenvalue weighted by Crippen LogP contribution is 2.19. The Morgan fingerprint density at radius 1 is 1.44 bits per heavy atom. The summed E-state index contributed by atoms with van der Waals surface area (Å²) in [6, 6.07) is 0. The molecule has 0 aromatic rings. The number of hydrogen-bond donors (Lipinski definition) is 1. The van der Waals surface area contributed by atoms with Crippen LogP contribution in [0.4, 0.5) is 0 Å². The van der Waals surface area contributed by atoms with E-state index in [4.69, 9.17) is 0 Å². The number of carbonyl (C=O) groups excluding carboxylic acids is 1. The fraction of sp³-hybridized carbons (Fsp3) is 0.500. The lowest BCUT2D eigenvalue weighted by atomic mass is 10.0. The molecule has 0 atom stereocenters. The average Bonchev–Trinajstić information content (AvgIpc) is 2.61. The van der Waals surface area contributed by atoms with Gasteiger partial charge in [0.1, 0.15) is 0 Å². The van der Waals surface area contributed by atoms with Gasteiger partial charge in [-0.3, -0.25) is 4.79 Å². The summed E-state index contributed by atoms with van der Waals surface area (Å²) in [6.07, 6.45) is 4.24. The third-order valence-electron chi connectivity index (χ3n) is 2.50. The van der Waals surface area contributed by atoms with E-state index in [2.05, 4.69) is 32.7 Å². The van der Waals surface area contributed by atoms with E-state index in [0.29, 0.717) is 12.3 Å². The molecule has 90 valence electrons. The van der Waals surface area contributed by atoms with Crippen LogP contribution in [0.5, 0.6) is 0 Å². The highest BCUT2D eigenvalue weighted by Gasteiger charge is 2.17. The van der Waals surface area contributed by atoms with Crippen molar-refractivity contribution in [3.05, 3.63) is 35.6 Å². The van der Waals surface area contributed by atoms with E-state index in [9.17, 15) is 4.79 Å². The second kappa shape index (κ2) is 7.04. The summed E-state index contributed by atoms with van der Waals surface area (Å²) in [5.41, 5.74) is 3.17. The lowest BCUT2D eigenvalue weighted by Gasteiger charge is -2.06. The minimum Gasteiger partial charge on any atom is -0.326 e. The van der Waals surface area contributed by atoms with Crippen molar-refractivity contribution in [2.24, 2.45) is 5.92 Å². The van der Waals surface area contributed by atoms with Crippen molar-refractivity contribution in [2.45, 2.75) is 41.0 Å². The molecule has 1 aliphatic heterocycles. The van der Waals surface area contributed by atoms with Crippen molar-refractivity contribution in [3.63, 3.8) is 0 Å². The Kier molecular flexibility index (Phi) is 6.47. The first-order valence-electron chi connectivity index (χ1n) is 5.88. The van der Waals surface area contributed by atoms with Crippen molar-refractivity contribution < 1.29 is 4.79 Å². The molecule has 0 bridgehead atoms. The summed E-state index contributed by atoms with van der Waals surface area (Å²) in [5, 5.41) is 2.83. The minimum atomic E-state index is 0.0581.